The molecule has 1 amide bonds. The highest BCUT2D eigenvalue weighted by Gasteiger charge is 2.11. The second-order valence-corrected chi connectivity index (χ2v) is 6.93. The zero-order chi connectivity index (χ0) is 19.8. The number of aromatic nitrogens is 1. The lowest BCUT2D eigenvalue weighted by Gasteiger charge is -2.26. The molecule has 0 unspecified atom stereocenters. The number of carbonyl (C=O) groups is 1. The third-order valence-corrected chi connectivity index (χ3v) is 4.36. The maximum absolute atomic E-state index is 12.3. The van der Waals surface area contributed by atoms with Gasteiger partial charge >= 0.3 is 0 Å². The Bertz CT molecular complexity index is 759. The van der Waals surface area contributed by atoms with Crippen LogP contribution in [0.4, 0.5) is 11.5 Å². The van der Waals surface area contributed by atoms with Crippen molar-refractivity contribution in [1.82, 2.24) is 15.2 Å². The topological polar surface area (TPSA) is 75.7 Å². The van der Waals surface area contributed by atoms with E-state index in [1.54, 1.807) is 18.3 Å². The first-order chi connectivity index (χ1) is 13.6. The number of benzene rings is 1. The van der Waals surface area contributed by atoms with Crippen molar-refractivity contribution in [1.29, 1.82) is 0 Å². The van der Waals surface area contributed by atoms with Crippen molar-refractivity contribution >= 4 is 17.4 Å². The number of amides is 1. The first-order valence-corrected chi connectivity index (χ1v) is 9.69. The molecule has 1 aromatic heterocycles. The van der Waals surface area contributed by atoms with Gasteiger partial charge in [0.1, 0.15) is 11.6 Å². The molecule has 1 fully saturated rings. The van der Waals surface area contributed by atoms with E-state index in [0.29, 0.717) is 17.9 Å². The molecular formula is C21H28N4O3. The van der Waals surface area contributed by atoms with Crippen LogP contribution in [-0.2, 0) is 4.74 Å². The van der Waals surface area contributed by atoms with E-state index in [2.05, 4.69) is 20.5 Å². The Morgan fingerprint density at radius 1 is 1.21 bits per heavy atom. The molecule has 7 heteroatoms. The van der Waals surface area contributed by atoms with Gasteiger partial charge in [-0.3, -0.25) is 9.69 Å². The number of rotatable bonds is 8. The standard InChI is InChI=1S/C21H28N4O3/c1-16(2)28-19-6-4-3-5-18(19)24-20-8-7-17(15-23-20)21(26)22-9-10-25-11-13-27-14-12-25/h3-8,15-16H,9-14H2,1-2H3,(H,22,26)(H,23,24). The lowest BCUT2D eigenvalue weighted by molar-refractivity contribution is 0.0383. The Labute approximate surface area is 166 Å². The van der Waals surface area contributed by atoms with Gasteiger partial charge in [0.05, 0.1) is 30.6 Å². The quantitative estimate of drug-likeness (QED) is 0.729. The first-order valence-electron chi connectivity index (χ1n) is 9.69. The van der Waals surface area contributed by atoms with Crippen LogP contribution in [-0.4, -0.2) is 61.3 Å². The van der Waals surface area contributed by atoms with Crippen LogP contribution in [0.2, 0.25) is 0 Å². The Kier molecular flexibility index (Phi) is 7.22. The van der Waals surface area contributed by atoms with Crippen molar-refractivity contribution in [2.24, 2.45) is 0 Å². The summed E-state index contributed by atoms with van der Waals surface area (Å²) in [6, 6.07) is 11.3. The third kappa shape index (κ3) is 5.94. The zero-order valence-electron chi connectivity index (χ0n) is 16.5. The van der Waals surface area contributed by atoms with Gasteiger partial charge in [-0.25, -0.2) is 4.98 Å². The predicted molar refractivity (Wildman–Crippen MR) is 109 cm³/mol. The molecule has 0 aliphatic carbocycles. The van der Waals surface area contributed by atoms with Gasteiger partial charge in [0.25, 0.3) is 5.91 Å². The van der Waals surface area contributed by atoms with Crippen LogP contribution >= 0.6 is 0 Å². The molecule has 28 heavy (non-hydrogen) atoms. The van der Waals surface area contributed by atoms with Gasteiger partial charge in [0, 0.05) is 32.4 Å². The number of nitrogens with one attached hydrogen (secondary N) is 2. The van der Waals surface area contributed by atoms with Crippen molar-refractivity contribution in [2.45, 2.75) is 20.0 Å². The van der Waals surface area contributed by atoms with E-state index >= 15 is 0 Å². The second-order valence-electron chi connectivity index (χ2n) is 6.93. The predicted octanol–water partition coefficient (Wildman–Crippen LogP) is 2.67. The van der Waals surface area contributed by atoms with Crippen LogP contribution in [0.25, 0.3) is 0 Å². The molecule has 0 bridgehead atoms. The van der Waals surface area contributed by atoms with Crippen LogP contribution in [0.1, 0.15) is 24.2 Å². The average molecular weight is 384 g/mol. The fourth-order valence-electron chi connectivity index (χ4n) is 2.92. The fraction of sp³-hybridized carbons (Fsp3) is 0.429. The summed E-state index contributed by atoms with van der Waals surface area (Å²) in [6.45, 7) is 8.77. The molecule has 1 saturated heterocycles. The summed E-state index contributed by atoms with van der Waals surface area (Å²) in [7, 11) is 0. The number of para-hydroxylation sites is 2. The highest BCUT2D eigenvalue weighted by Crippen LogP contribution is 2.27. The van der Waals surface area contributed by atoms with Crippen molar-refractivity contribution < 1.29 is 14.3 Å². The Morgan fingerprint density at radius 2 is 2.00 bits per heavy atom. The fourth-order valence-corrected chi connectivity index (χ4v) is 2.92. The molecule has 2 N–H and O–H groups in total. The molecule has 0 atom stereocenters. The van der Waals surface area contributed by atoms with Gasteiger partial charge in [-0.1, -0.05) is 12.1 Å². The smallest absolute Gasteiger partial charge is 0.252 e. The van der Waals surface area contributed by atoms with E-state index < -0.39 is 0 Å². The zero-order valence-corrected chi connectivity index (χ0v) is 16.5. The van der Waals surface area contributed by atoms with Crippen LogP contribution in [0.15, 0.2) is 42.6 Å². The van der Waals surface area contributed by atoms with Crippen LogP contribution in [0.5, 0.6) is 5.75 Å². The summed E-state index contributed by atoms with van der Waals surface area (Å²) in [5.74, 6) is 1.31. The number of nitrogens with zero attached hydrogens (tertiary/aromatic N) is 2. The number of hydrogen-bond donors (Lipinski definition) is 2. The van der Waals surface area contributed by atoms with E-state index in [-0.39, 0.29) is 12.0 Å². The second kappa shape index (κ2) is 10.1. The number of carbonyl (C=O) groups excluding carboxylic acids is 1. The molecule has 0 radical (unpaired) electrons. The van der Waals surface area contributed by atoms with Gasteiger partial charge in [0.2, 0.25) is 0 Å². The molecule has 150 valence electrons. The molecular weight excluding hydrogens is 356 g/mol. The third-order valence-electron chi connectivity index (χ3n) is 4.36. The minimum Gasteiger partial charge on any atom is -0.489 e. The van der Waals surface area contributed by atoms with E-state index in [4.69, 9.17) is 9.47 Å². The minimum absolute atomic E-state index is 0.0828. The largest absolute Gasteiger partial charge is 0.489 e. The maximum Gasteiger partial charge on any atom is 0.252 e. The molecule has 1 aliphatic rings. The molecule has 7 nitrogen and oxygen atoms in total. The molecule has 0 spiro atoms. The highest BCUT2D eigenvalue weighted by atomic mass is 16.5. The summed E-state index contributed by atoms with van der Waals surface area (Å²) in [5.41, 5.74) is 1.38. The minimum atomic E-state index is -0.115. The van der Waals surface area contributed by atoms with Gasteiger partial charge in [-0.2, -0.15) is 0 Å². The van der Waals surface area contributed by atoms with E-state index in [0.717, 1.165) is 44.3 Å². The van der Waals surface area contributed by atoms with Gasteiger partial charge < -0.3 is 20.1 Å². The van der Waals surface area contributed by atoms with Gasteiger partial charge in [-0.15, -0.1) is 0 Å². The van der Waals surface area contributed by atoms with E-state index in [1.165, 1.54) is 0 Å². The van der Waals surface area contributed by atoms with Gasteiger partial charge in [0.15, 0.2) is 0 Å². The summed E-state index contributed by atoms with van der Waals surface area (Å²) in [5, 5.41) is 6.19. The Balaban J connectivity index is 1.52. The normalized spacial score (nSPS) is 14.7. The average Bonchev–Trinajstić information content (AvgIpc) is 2.70. The van der Waals surface area contributed by atoms with Crippen molar-refractivity contribution in [2.75, 3.05) is 44.7 Å². The molecule has 1 aromatic carbocycles. The van der Waals surface area contributed by atoms with E-state index in [9.17, 15) is 4.79 Å². The van der Waals surface area contributed by atoms with Crippen LogP contribution < -0.4 is 15.4 Å². The number of hydrogen-bond acceptors (Lipinski definition) is 6. The van der Waals surface area contributed by atoms with Crippen molar-refractivity contribution in [3.8, 4) is 5.75 Å². The van der Waals surface area contributed by atoms with Crippen LogP contribution in [0.3, 0.4) is 0 Å². The summed E-state index contributed by atoms with van der Waals surface area (Å²) >= 11 is 0. The SMILES string of the molecule is CC(C)Oc1ccccc1Nc1ccc(C(=O)NCCN2CCOCC2)cn1. The molecule has 1 aliphatic heterocycles. The number of morpholine rings is 1. The Morgan fingerprint density at radius 3 is 2.71 bits per heavy atom. The van der Waals surface area contributed by atoms with Gasteiger partial charge in [-0.05, 0) is 38.1 Å². The number of anilines is 2. The Hall–Kier alpha value is -2.64. The monoisotopic (exact) mass is 384 g/mol. The summed E-state index contributed by atoms with van der Waals surface area (Å²) in [6.07, 6.45) is 1.66. The molecule has 3 rings (SSSR count). The van der Waals surface area contributed by atoms with Crippen LogP contribution in [0, 0.1) is 0 Å². The maximum atomic E-state index is 12.3. The van der Waals surface area contributed by atoms with Crippen molar-refractivity contribution in [3.63, 3.8) is 0 Å². The highest BCUT2D eigenvalue weighted by molar-refractivity contribution is 5.94. The molecule has 0 saturated carbocycles. The lowest BCUT2D eigenvalue weighted by atomic mass is 10.2. The molecule has 2 heterocycles. The number of ether oxygens (including phenoxy) is 2. The lowest BCUT2D eigenvalue weighted by Crippen LogP contribution is -2.41. The van der Waals surface area contributed by atoms with E-state index in [1.807, 2.05) is 38.1 Å². The summed E-state index contributed by atoms with van der Waals surface area (Å²) < 4.78 is 11.1. The number of pyridine rings is 1. The van der Waals surface area contributed by atoms with Crippen molar-refractivity contribution in [3.05, 3.63) is 48.2 Å². The molecule has 2 aromatic rings. The first kappa shape index (κ1) is 20.1. The summed E-state index contributed by atoms with van der Waals surface area (Å²) in [4.78, 5) is 18.9.